The molecule has 1 aromatic carbocycles. The summed E-state index contributed by atoms with van der Waals surface area (Å²) in [7, 11) is 0. The van der Waals surface area contributed by atoms with Crippen molar-refractivity contribution in [2.24, 2.45) is 11.8 Å². The topological polar surface area (TPSA) is 103 Å². The summed E-state index contributed by atoms with van der Waals surface area (Å²) in [6.45, 7) is 8.69. The van der Waals surface area contributed by atoms with Gasteiger partial charge in [-0.25, -0.2) is 0 Å². The minimum Gasteiger partial charge on any atom is -0.494 e. The molecule has 6 nitrogen and oxygen atoms in total. The highest BCUT2D eigenvalue weighted by atomic mass is 35.5. The molecule has 0 heterocycles. The van der Waals surface area contributed by atoms with Crippen LogP contribution >= 0.6 is 11.6 Å². The van der Waals surface area contributed by atoms with Crippen LogP contribution in [-0.2, 0) is 4.79 Å². The van der Waals surface area contributed by atoms with Crippen LogP contribution in [0.3, 0.4) is 0 Å². The first-order chi connectivity index (χ1) is 18.2. The number of carbonyl (C=O) groups excluding carboxylic acids is 1. The molecule has 2 rings (SSSR count). The lowest BCUT2D eigenvalue weighted by atomic mass is 9.81. The summed E-state index contributed by atoms with van der Waals surface area (Å²) >= 11 is 5.78. The number of benzene rings is 1. The Morgan fingerprint density at radius 1 is 1.24 bits per heavy atom. The fourth-order valence-electron chi connectivity index (χ4n) is 4.84. The summed E-state index contributed by atoms with van der Waals surface area (Å²) in [5.74, 6) is -0.0191. The van der Waals surface area contributed by atoms with E-state index in [1.807, 2.05) is 37.3 Å². The van der Waals surface area contributed by atoms with Crippen LogP contribution in [-0.4, -0.2) is 41.0 Å². The smallest absolute Gasteiger partial charge is 0.178 e. The Morgan fingerprint density at radius 3 is 2.58 bits per heavy atom. The Morgan fingerprint density at radius 2 is 1.97 bits per heavy atom. The number of unbranched alkanes of at least 4 members (excludes halogenated alkanes) is 3. The van der Waals surface area contributed by atoms with Gasteiger partial charge in [0, 0.05) is 29.6 Å². The van der Waals surface area contributed by atoms with E-state index in [-0.39, 0.29) is 29.9 Å². The van der Waals surface area contributed by atoms with E-state index in [9.17, 15) is 15.0 Å². The summed E-state index contributed by atoms with van der Waals surface area (Å²) in [5.41, 5.74) is 1.39. The zero-order valence-corrected chi connectivity index (χ0v) is 23.7. The lowest BCUT2D eigenvalue weighted by Gasteiger charge is -2.26. The summed E-state index contributed by atoms with van der Waals surface area (Å²) in [4.78, 5) is 13.0. The number of ketones is 1. The van der Waals surface area contributed by atoms with E-state index in [0.29, 0.717) is 36.6 Å². The molecule has 7 heteroatoms. The normalized spacial score (nSPS) is 19.3. The standard InChI is InChI=1S/C31H45ClN2O4/c1-4-6-7-8-19-38-27-15-11-24(12-16-27)31(37)28(21-23-10-14-26(35)20-23)30(33)29(36)17-18-34-25(5-2)13-9-22(3)32/h5,9,11-13,15-16,23,26,28,31,33-35,37H,3-4,6-8,10,14,17-21H2,1-2H3/b13-9-,25-5+,33-30?/t23?,26-,28-,31+/m0/s1. The molecule has 1 unspecified atom stereocenters. The third-order valence-electron chi connectivity index (χ3n) is 7.08. The van der Waals surface area contributed by atoms with Crippen molar-refractivity contribution in [3.05, 3.63) is 65.4 Å². The fraction of sp³-hybridized carbons (Fsp3) is 0.548. The van der Waals surface area contributed by atoms with Crippen molar-refractivity contribution in [1.29, 1.82) is 5.41 Å². The molecule has 0 amide bonds. The third-order valence-corrected chi connectivity index (χ3v) is 7.20. The summed E-state index contributed by atoms with van der Waals surface area (Å²) in [6.07, 6.45) is 11.3. The Labute approximate surface area is 233 Å². The van der Waals surface area contributed by atoms with Gasteiger partial charge in [-0.3, -0.25) is 4.79 Å². The van der Waals surface area contributed by atoms with Crippen molar-refractivity contribution < 1.29 is 19.7 Å². The highest BCUT2D eigenvalue weighted by molar-refractivity contribution is 6.39. The lowest BCUT2D eigenvalue weighted by Crippen LogP contribution is -2.31. The number of nitrogens with one attached hydrogen (secondary N) is 2. The Hall–Kier alpha value is -2.41. The van der Waals surface area contributed by atoms with Crippen molar-refractivity contribution >= 4 is 23.1 Å². The maximum atomic E-state index is 13.0. The molecule has 1 fully saturated rings. The predicted octanol–water partition coefficient (Wildman–Crippen LogP) is 6.63. The van der Waals surface area contributed by atoms with E-state index in [4.69, 9.17) is 21.7 Å². The van der Waals surface area contributed by atoms with Gasteiger partial charge in [0.2, 0.25) is 0 Å². The van der Waals surface area contributed by atoms with E-state index >= 15 is 0 Å². The Kier molecular flexibility index (Phi) is 14.4. The molecule has 38 heavy (non-hydrogen) atoms. The van der Waals surface area contributed by atoms with Gasteiger partial charge >= 0.3 is 0 Å². The fourth-order valence-corrected chi connectivity index (χ4v) is 4.90. The van der Waals surface area contributed by atoms with Crippen LogP contribution in [0.2, 0.25) is 0 Å². The Balaban J connectivity index is 2.03. The van der Waals surface area contributed by atoms with Gasteiger partial charge in [0.15, 0.2) is 5.78 Å². The second-order valence-corrected chi connectivity index (χ2v) is 10.6. The molecule has 210 valence electrons. The molecular formula is C31H45ClN2O4. The van der Waals surface area contributed by atoms with Gasteiger partial charge < -0.3 is 25.7 Å². The molecule has 1 aliphatic rings. The van der Waals surface area contributed by atoms with Crippen LogP contribution in [0.5, 0.6) is 5.75 Å². The number of ether oxygens (including phenoxy) is 1. The number of aliphatic hydroxyl groups is 2. The maximum absolute atomic E-state index is 13.0. The van der Waals surface area contributed by atoms with E-state index < -0.39 is 12.0 Å². The summed E-state index contributed by atoms with van der Waals surface area (Å²) < 4.78 is 5.82. The summed E-state index contributed by atoms with van der Waals surface area (Å²) in [6, 6.07) is 7.31. The summed E-state index contributed by atoms with van der Waals surface area (Å²) in [5, 5.41) is 33.6. The molecular weight excluding hydrogens is 500 g/mol. The van der Waals surface area contributed by atoms with Gasteiger partial charge in [0.1, 0.15) is 5.75 Å². The molecule has 0 aromatic heterocycles. The van der Waals surface area contributed by atoms with E-state index in [1.165, 1.54) is 12.8 Å². The van der Waals surface area contributed by atoms with Crippen LogP contribution in [0.4, 0.5) is 0 Å². The lowest BCUT2D eigenvalue weighted by molar-refractivity contribution is -0.113. The van der Waals surface area contributed by atoms with Gasteiger partial charge in [-0.1, -0.05) is 62.6 Å². The maximum Gasteiger partial charge on any atom is 0.178 e. The molecule has 0 radical (unpaired) electrons. The molecule has 0 spiro atoms. The van der Waals surface area contributed by atoms with Gasteiger partial charge in [-0.2, -0.15) is 0 Å². The van der Waals surface area contributed by atoms with Crippen LogP contribution < -0.4 is 10.1 Å². The van der Waals surface area contributed by atoms with Crippen LogP contribution in [0.25, 0.3) is 0 Å². The van der Waals surface area contributed by atoms with Crippen molar-refractivity contribution in [3.63, 3.8) is 0 Å². The Bertz CT molecular complexity index is 957. The minimum atomic E-state index is -0.987. The van der Waals surface area contributed by atoms with Gasteiger partial charge in [-0.05, 0) is 74.8 Å². The van der Waals surface area contributed by atoms with E-state index in [0.717, 1.165) is 37.1 Å². The van der Waals surface area contributed by atoms with Crippen molar-refractivity contribution in [3.8, 4) is 5.75 Å². The van der Waals surface area contributed by atoms with Gasteiger partial charge in [0.25, 0.3) is 0 Å². The van der Waals surface area contributed by atoms with Crippen molar-refractivity contribution in [2.45, 2.75) is 83.8 Å². The van der Waals surface area contributed by atoms with Crippen molar-refractivity contribution in [2.75, 3.05) is 13.2 Å². The number of hydrogen-bond acceptors (Lipinski definition) is 6. The van der Waals surface area contributed by atoms with Gasteiger partial charge in [-0.15, -0.1) is 0 Å². The van der Waals surface area contributed by atoms with Crippen LogP contribution in [0.15, 0.2) is 59.8 Å². The van der Waals surface area contributed by atoms with Crippen molar-refractivity contribution in [1.82, 2.24) is 5.32 Å². The monoisotopic (exact) mass is 544 g/mol. The quantitative estimate of drug-likeness (QED) is 0.0943. The molecule has 0 bridgehead atoms. The molecule has 0 saturated heterocycles. The first-order valence-electron chi connectivity index (χ1n) is 13.9. The number of carbonyl (C=O) groups is 1. The zero-order valence-electron chi connectivity index (χ0n) is 22.9. The highest BCUT2D eigenvalue weighted by Gasteiger charge is 2.34. The molecule has 0 aliphatic heterocycles. The second kappa shape index (κ2) is 17.2. The predicted molar refractivity (Wildman–Crippen MR) is 156 cm³/mol. The third kappa shape index (κ3) is 11.1. The number of halogens is 1. The first kappa shape index (κ1) is 31.8. The number of aliphatic hydroxyl groups excluding tert-OH is 2. The number of allylic oxidation sites excluding steroid dienone is 4. The van der Waals surface area contributed by atoms with E-state index in [2.05, 4.69) is 18.8 Å². The molecule has 1 saturated carbocycles. The average Bonchev–Trinajstić information content (AvgIpc) is 3.33. The average molecular weight is 545 g/mol. The van der Waals surface area contributed by atoms with Crippen LogP contribution in [0, 0.1) is 17.2 Å². The SMILES string of the molecule is C=C(Cl)/C=C\C(=C/C)NCCC(=O)C(=N)[C@H](CC1CC[C@H](O)C1)[C@H](O)c1ccc(OCCCCCC)cc1. The number of Topliss-reactive ketones (excluding diaryl/α,β-unsaturated/α-hetero) is 1. The molecule has 4 atom stereocenters. The molecule has 1 aliphatic carbocycles. The molecule has 4 N–H and O–H groups in total. The highest BCUT2D eigenvalue weighted by Crippen LogP contribution is 2.36. The number of hydrogen-bond donors (Lipinski definition) is 4. The van der Waals surface area contributed by atoms with Crippen LogP contribution in [0.1, 0.15) is 83.3 Å². The second-order valence-electron chi connectivity index (χ2n) is 10.1. The van der Waals surface area contributed by atoms with Gasteiger partial charge in [0.05, 0.1) is 24.5 Å². The van der Waals surface area contributed by atoms with E-state index in [1.54, 1.807) is 12.2 Å². The largest absolute Gasteiger partial charge is 0.494 e. The zero-order chi connectivity index (χ0) is 27.9. The minimum absolute atomic E-state index is 0.0661. The first-order valence-corrected chi connectivity index (χ1v) is 14.3. The number of rotatable bonds is 18. The molecule has 1 aromatic rings.